The van der Waals surface area contributed by atoms with Crippen molar-refractivity contribution in [3.63, 3.8) is 0 Å². The Hall–Kier alpha value is -2.21. The van der Waals surface area contributed by atoms with Crippen molar-refractivity contribution in [3.05, 3.63) is 48.5 Å². The molecule has 6 heteroatoms. The Labute approximate surface area is 128 Å². The molecule has 1 aromatic heterocycles. The summed E-state index contributed by atoms with van der Waals surface area (Å²) in [7, 11) is 0. The third-order valence-electron chi connectivity index (χ3n) is 3.88. The zero-order chi connectivity index (χ0) is 15.4. The van der Waals surface area contributed by atoms with Crippen LogP contribution in [-0.4, -0.2) is 33.8 Å². The van der Waals surface area contributed by atoms with Crippen LogP contribution in [0.2, 0.25) is 0 Å². The highest BCUT2D eigenvalue weighted by Gasteiger charge is 2.36. The molecule has 2 aromatic rings. The van der Waals surface area contributed by atoms with Crippen LogP contribution in [0.3, 0.4) is 0 Å². The van der Waals surface area contributed by atoms with Crippen molar-refractivity contribution in [2.75, 3.05) is 11.9 Å². The van der Waals surface area contributed by atoms with Gasteiger partial charge in [-0.1, -0.05) is 0 Å². The Morgan fingerprint density at radius 3 is 2.64 bits per heavy atom. The summed E-state index contributed by atoms with van der Waals surface area (Å²) < 4.78 is 18.6. The number of nitrogens with one attached hydrogen (secondary N) is 1. The van der Waals surface area contributed by atoms with Crippen LogP contribution >= 0.6 is 0 Å². The van der Waals surface area contributed by atoms with E-state index in [4.69, 9.17) is 4.74 Å². The minimum absolute atomic E-state index is 0.0780. The van der Waals surface area contributed by atoms with Crippen molar-refractivity contribution in [3.8, 4) is 5.75 Å². The zero-order valence-corrected chi connectivity index (χ0v) is 12.0. The van der Waals surface area contributed by atoms with Gasteiger partial charge in [0.05, 0.1) is 6.10 Å². The van der Waals surface area contributed by atoms with Crippen molar-refractivity contribution >= 4 is 5.95 Å². The maximum Gasteiger partial charge on any atom is 0.222 e. The van der Waals surface area contributed by atoms with Gasteiger partial charge >= 0.3 is 0 Å². The molecule has 0 unspecified atom stereocenters. The number of aromatic nitrogens is 2. The fourth-order valence-electron chi connectivity index (χ4n) is 2.68. The maximum absolute atomic E-state index is 12.9. The van der Waals surface area contributed by atoms with E-state index in [9.17, 15) is 9.50 Å². The van der Waals surface area contributed by atoms with Crippen LogP contribution in [0.5, 0.6) is 5.75 Å². The van der Waals surface area contributed by atoms with Gasteiger partial charge in [-0.2, -0.15) is 0 Å². The number of hydrogen-bond acceptors (Lipinski definition) is 5. The van der Waals surface area contributed by atoms with Gasteiger partial charge in [-0.15, -0.1) is 0 Å². The number of hydrogen-bond donors (Lipinski definition) is 2. The molecule has 22 heavy (non-hydrogen) atoms. The van der Waals surface area contributed by atoms with Crippen LogP contribution in [-0.2, 0) is 0 Å². The lowest BCUT2D eigenvalue weighted by atomic mass is 10.1. The van der Waals surface area contributed by atoms with E-state index in [1.165, 1.54) is 12.1 Å². The highest BCUT2D eigenvalue weighted by Crippen LogP contribution is 2.30. The van der Waals surface area contributed by atoms with Gasteiger partial charge in [0.2, 0.25) is 5.95 Å². The fraction of sp³-hybridized carbons (Fsp3) is 0.375. The molecule has 1 aliphatic rings. The van der Waals surface area contributed by atoms with Crippen molar-refractivity contribution in [1.82, 2.24) is 9.97 Å². The second kappa shape index (κ2) is 6.70. The molecule has 116 valence electrons. The Kier molecular flexibility index (Phi) is 4.48. The highest BCUT2D eigenvalue weighted by atomic mass is 19.1. The van der Waals surface area contributed by atoms with Crippen LogP contribution in [0, 0.1) is 11.7 Å². The Morgan fingerprint density at radius 1 is 1.18 bits per heavy atom. The smallest absolute Gasteiger partial charge is 0.222 e. The molecule has 3 rings (SSSR count). The van der Waals surface area contributed by atoms with E-state index >= 15 is 0 Å². The third-order valence-corrected chi connectivity index (χ3v) is 3.88. The molecule has 0 bridgehead atoms. The average molecular weight is 303 g/mol. The van der Waals surface area contributed by atoms with E-state index in [0.29, 0.717) is 18.2 Å². The van der Waals surface area contributed by atoms with Crippen LogP contribution < -0.4 is 10.1 Å². The lowest BCUT2D eigenvalue weighted by Crippen LogP contribution is -2.33. The van der Waals surface area contributed by atoms with Gasteiger partial charge in [-0.05, 0) is 43.2 Å². The molecular formula is C16H18FN3O2. The Bertz CT molecular complexity index is 594. The second-order valence-corrected chi connectivity index (χ2v) is 5.39. The molecule has 3 atom stereocenters. The summed E-state index contributed by atoms with van der Waals surface area (Å²) in [6, 6.07) is 7.60. The molecule has 0 spiro atoms. The summed E-state index contributed by atoms with van der Waals surface area (Å²) in [6.07, 6.45) is 4.12. The van der Waals surface area contributed by atoms with E-state index in [0.717, 1.165) is 12.8 Å². The summed E-state index contributed by atoms with van der Waals surface area (Å²) in [6.45, 7) is 0.592. The molecule has 1 saturated carbocycles. The molecule has 0 aliphatic heterocycles. The van der Waals surface area contributed by atoms with Gasteiger partial charge in [-0.3, -0.25) is 0 Å². The number of ether oxygens (including phenoxy) is 1. The molecule has 0 radical (unpaired) electrons. The van der Waals surface area contributed by atoms with Crippen LogP contribution in [0.1, 0.15) is 12.8 Å². The molecule has 0 saturated heterocycles. The summed E-state index contributed by atoms with van der Waals surface area (Å²) in [5, 5.41) is 13.5. The van der Waals surface area contributed by atoms with Crippen LogP contribution in [0.4, 0.5) is 10.3 Å². The first kappa shape index (κ1) is 14.7. The summed E-state index contributed by atoms with van der Waals surface area (Å²) in [5.74, 6) is 0.904. The molecule has 5 nitrogen and oxygen atoms in total. The highest BCUT2D eigenvalue weighted by molar-refractivity contribution is 5.24. The molecule has 1 heterocycles. The Balaban J connectivity index is 1.53. The van der Waals surface area contributed by atoms with Gasteiger partial charge < -0.3 is 15.2 Å². The van der Waals surface area contributed by atoms with Crippen LogP contribution in [0.15, 0.2) is 42.7 Å². The third kappa shape index (κ3) is 3.51. The fourth-order valence-corrected chi connectivity index (χ4v) is 2.68. The number of anilines is 1. The standard InChI is InChI=1S/C16H18FN3O2/c17-12-3-5-13(6-4-12)22-14-7-2-11(15(14)21)10-20-16-18-8-1-9-19-16/h1,3-6,8-9,11,14-15,21H,2,7,10H2,(H,18,19,20)/t11-,14-,15-/m1/s1. The van der Waals surface area contributed by atoms with Crippen LogP contribution in [0.25, 0.3) is 0 Å². The summed E-state index contributed by atoms with van der Waals surface area (Å²) >= 11 is 0. The van der Waals surface area contributed by atoms with E-state index in [2.05, 4.69) is 15.3 Å². The molecular weight excluding hydrogens is 285 g/mol. The summed E-state index contributed by atoms with van der Waals surface area (Å²) in [5.41, 5.74) is 0. The second-order valence-electron chi connectivity index (χ2n) is 5.39. The molecule has 2 N–H and O–H groups in total. The minimum Gasteiger partial charge on any atom is -0.488 e. The lowest BCUT2D eigenvalue weighted by molar-refractivity contribution is 0.0379. The SMILES string of the molecule is O[C@@H]1[C@@H](CNc2ncccn2)CC[C@H]1Oc1ccc(F)cc1. The summed E-state index contributed by atoms with van der Waals surface area (Å²) in [4.78, 5) is 8.18. The first-order valence-electron chi connectivity index (χ1n) is 7.33. The maximum atomic E-state index is 12.9. The normalized spacial score (nSPS) is 24.2. The van der Waals surface area contributed by atoms with Gasteiger partial charge in [0, 0.05) is 24.9 Å². The number of aliphatic hydroxyl groups excluding tert-OH is 1. The van der Waals surface area contributed by atoms with Crippen molar-refractivity contribution in [2.45, 2.75) is 25.0 Å². The van der Waals surface area contributed by atoms with Gasteiger partial charge in [-0.25, -0.2) is 14.4 Å². The largest absolute Gasteiger partial charge is 0.488 e. The van der Waals surface area contributed by atoms with Gasteiger partial charge in [0.1, 0.15) is 17.7 Å². The van der Waals surface area contributed by atoms with Crippen molar-refractivity contribution < 1.29 is 14.2 Å². The predicted molar refractivity (Wildman–Crippen MR) is 80.1 cm³/mol. The molecule has 0 amide bonds. The van der Waals surface area contributed by atoms with E-state index in [1.54, 1.807) is 30.6 Å². The van der Waals surface area contributed by atoms with Gasteiger partial charge in [0.15, 0.2) is 0 Å². The van der Waals surface area contributed by atoms with E-state index in [1.807, 2.05) is 0 Å². The van der Waals surface area contributed by atoms with E-state index < -0.39 is 6.10 Å². The average Bonchev–Trinajstić information content (AvgIpc) is 2.89. The lowest BCUT2D eigenvalue weighted by Gasteiger charge is -2.21. The number of aliphatic hydroxyl groups is 1. The predicted octanol–water partition coefficient (Wildman–Crippen LogP) is 2.25. The quantitative estimate of drug-likeness (QED) is 0.887. The monoisotopic (exact) mass is 303 g/mol. The van der Waals surface area contributed by atoms with Crippen molar-refractivity contribution in [1.29, 1.82) is 0 Å². The molecule has 1 aromatic carbocycles. The van der Waals surface area contributed by atoms with Gasteiger partial charge in [0.25, 0.3) is 0 Å². The minimum atomic E-state index is -0.568. The Morgan fingerprint density at radius 2 is 1.91 bits per heavy atom. The topological polar surface area (TPSA) is 67.3 Å². The number of nitrogens with zero attached hydrogens (tertiary/aromatic N) is 2. The number of benzene rings is 1. The first-order chi connectivity index (χ1) is 10.7. The number of halogens is 1. The molecule has 1 fully saturated rings. The number of rotatable bonds is 5. The van der Waals surface area contributed by atoms with E-state index in [-0.39, 0.29) is 17.8 Å². The molecule has 1 aliphatic carbocycles. The van der Waals surface area contributed by atoms with Crippen molar-refractivity contribution in [2.24, 2.45) is 5.92 Å². The first-order valence-corrected chi connectivity index (χ1v) is 7.33. The zero-order valence-electron chi connectivity index (χ0n) is 12.0.